The fraction of sp³-hybridized carbons (Fsp3) is 0.517. The van der Waals surface area contributed by atoms with Gasteiger partial charge in [0.15, 0.2) is 0 Å². The Morgan fingerprint density at radius 1 is 0.812 bits per heavy atom. The standard InChI is InChI=1S/C29H42O3/c1-5-9-10-11-12-16-19-28(30-24-26-17-14-13-15-18-26)29(31-7-3,32-8-4)27-22-20-25(6-2)21-23-27/h6,13-15,17-18,20-23,28H,2,5,7-12,16,19,24H2,1,3-4H3. The van der Waals surface area contributed by atoms with E-state index in [2.05, 4.69) is 49.9 Å². The lowest BCUT2D eigenvalue weighted by molar-refractivity contribution is -0.302. The van der Waals surface area contributed by atoms with Crippen molar-refractivity contribution in [2.45, 2.75) is 84.2 Å². The minimum atomic E-state index is -0.929. The van der Waals surface area contributed by atoms with Crippen LogP contribution in [-0.4, -0.2) is 19.3 Å². The van der Waals surface area contributed by atoms with Crippen LogP contribution in [0, 0.1) is 0 Å². The maximum atomic E-state index is 6.57. The van der Waals surface area contributed by atoms with Crippen molar-refractivity contribution in [1.82, 2.24) is 0 Å². The van der Waals surface area contributed by atoms with E-state index in [0.29, 0.717) is 19.8 Å². The second-order valence-electron chi connectivity index (χ2n) is 8.20. The van der Waals surface area contributed by atoms with Gasteiger partial charge in [0.25, 0.3) is 0 Å². The van der Waals surface area contributed by atoms with Crippen LogP contribution in [0.25, 0.3) is 6.08 Å². The van der Waals surface area contributed by atoms with Crippen molar-refractivity contribution in [2.75, 3.05) is 13.2 Å². The van der Waals surface area contributed by atoms with Crippen molar-refractivity contribution in [3.63, 3.8) is 0 Å². The summed E-state index contributed by atoms with van der Waals surface area (Å²) in [4.78, 5) is 0. The van der Waals surface area contributed by atoms with Gasteiger partial charge in [0.1, 0.15) is 6.10 Å². The van der Waals surface area contributed by atoms with Crippen molar-refractivity contribution >= 4 is 6.08 Å². The van der Waals surface area contributed by atoms with Gasteiger partial charge in [-0.2, -0.15) is 0 Å². The van der Waals surface area contributed by atoms with E-state index in [9.17, 15) is 0 Å². The van der Waals surface area contributed by atoms with Crippen molar-refractivity contribution in [3.8, 4) is 0 Å². The van der Waals surface area contributed by atoms with Crippen LogP contribution in [0.15, 0.2) is 61.2 Å². The Kier molecular flexibility index (Phi) is 12.3. The molecule has 2 aromatic carbocycles. The molecule has 0 bridgehead atoms. The smallest absolute Gasteiger partial charge is 0.222 e. The molecular weight excluding hydrogens is 396 g/mol. The fourth-order valence-electron chi connectivity index (χ4n) is 4.12. The lowest BCUT2D eigenvalue weighted by Gasteiger charge is -2.40. The normalized spacial score (nSPS) is 12.6. The van der Waals surface area contributed by atoms with E-state index in [0.717, 1.165) is 29.5 Å². The Bertz CT molecular complexity index is 733. The van der Waals surface area contributed by atoms with Crippen LogP contribution in [0.4, 0.5) is 0 Å². The zero-order chi connectivity index (χ0) is 23.1. The van der Waals surface area contributed by atoms with Crippen LogP contribution in [0.5, 0.6) is 0 Å². The van der Waals surface area contributed by atoms with Gasteiger partial charge in [0, 0.05) is 18.8 Å². The molecule has 2 rings (SSSR count). The van der Waals surface area contributed by atoms with Crippen molar-refractivity contribution in [2.24, 2.45) is 0 Å². The summed E-state index contributed by atoms with van der Waals surface area (Å²) in [7, 11) is 0. The molecule has 3 heteroatoms. The number of hydrogen-bond donors (Lipinski definition) is 0. The van der Waals surface area contributed by atoms with Gasteiger partial charge < -0.3 is 14.2 Å². The molecule has 0 heterocycles. The Hall–Kier alpha value is -1.94. The second kappa shape index (κ2) is 15.0. The minimum Gasteiger partial charge on any atom is -0.368 e. The summed E-state index contributed by atoms with van der Waals surface area (Å²) < 4.78 is 19.4. The van der Waals surface area contributed by atoms with Gasteiger partial charge in [-0.3, -0.25) is 0 Å². The zero-order valence-corrected chi connectivity index (χ0v) is 20.4. The molecule has 2 aromatic rings. The lowest BCUT2D eigenvalue weighted by Crippen LogP contribution is -2.46. The third-order valence-electron chi connectivity index (χ3n) is 5.80. The summed E-state index contributed by atoms with van der Waals surface area (Å²) in [6.07, 6.45) is 9.98. The molecule has 0 aromatic heterocycles. The summed E-state index contributed by atoms with van der Waals surface area (Å²) in [5, 5.41) is 0. The summed E-state index contributed by atoms with van der Waals surface area (Å²) in [5.74, 6) is -0.929. The third-order valence-corrected chi connectivity index (χ3v) is 5.80. The van der Waals surface area contributed by atoms with Gasteiger partial charge in [-0.15, -0.1) is 0 Å². The van der Waals surface area contributed by atoms with E-state index >= 15 is 0 Å². The van der Waals surface area contributed by atoms with Crippen molar-refractivity contribution in [3.05, 3.63) is 77.9 Å². The number of rotatable bonds is 17. The highest BCUT2D eigenvalue weighted by Crippen LogP contribution is 2.37. The highest BCUT2D eigenvalue weighted by Gasteiger charge is 2.43. The first-order valence-corrected chi connectivity index (χ1v) is 12.4. The largest absolute Gasteiger partial charge is 0.368 e. The first-order valence-electron chi connectivity index (χ1n) is 12.4. The van der Waals surface area contributed by atoms with Gasteiger partial charge in [-0.05, 0) is 31.4 Å². The molecule has 32 heavy (non-hydrogen) atoms. The zero-order valence-electron chi connectivity index (χ0n) is 20.4. The topological polar surface area (TPSA) is 27.7 Å². The predicted octanol–water partition coefficient (Wildman–Crippen LogP) is 7.89. The molecule has 1 atom stereocenters. The summed E-state index contributed by atoms with van der Waals surface area (Å²) in [5.41, 5.74) is 3.23. The third kappa shape index (κ3) is 7.88. The average molecular weight is 439 g/mol. The van der Waals surface area contributed by atoms with E-state index in [1.54, 1.807) is 0 Å². The summed E-state index contributed by atoms with van der Waals surface area (Å²) >= 11 is 0. The van der Waals surface area contributed by atoms with E-state index in [4.69, 9.17) is 14.2 Å². The monoisotopic (exact) mass is 438 g/mol. The molecule has 3 nitrogen and oxygen atoms in total. The molecule has 1 unspecified atom stereocenters. The number of benzene rings is 2. The maximum absolute atomic E-state index is 6.57. The van der Waals surface area contributed by atoms with Crippen LogP contribution in [0.1, 0.15) is 82.4 Å². The average Bonchev–Trinajstić information content (AvgIpc) is 2.83. The molecular formula is C29H42O3. The molecule has 0 aliphatic rings. The van der Waals surface area contributed by atoms with E-state index in [1.165, 1.54) is 32.1 Å². The van der Waals surface area contributed by atoms with Gasteiger partial charge in [0.2, 0.25) is 5.79 Å². The second-order valence-corrected chi connectivity index (χ2v) is 8.20. The Labute approximate surface area is 195 Å². The number of unbranched alkanes of at least 4 members (excludes halogenated alkanes) is 5. The molecule has 0 spiro atoms. The molecule has 0 aliphatic carbocycles. The van der Waals surface area contributed by atoms with Crippen LogP contribution in [-0.2, 0) is 26.6 Å². The predicted molar refractivity (Wildman–Crippen MR) is 134 cm³/mol. The van der Waals surface area contributed by atoms with Gasteiger partial charge in [0.05, 0.1) is 6.61 Å². The van der Waals surface area contributed by atoms with Crippen LogP contribution < -0.4 is 0 Å². The highest BCUT2D eigenvalue weighted by molar-refractivity contribution is 5.47. The van der Waals surface area contributed by atoms with E-state index in [-0.39, 0.29) is 6.10 Å². The Morgan fingerprint density at radius 3 is 2.03 bits per heavy atom. The lowest BCUT2D eigenvalue weighted by atomic mass is 9.93. The van der Waals surface area contributed by atoms with Gasteiger partial charge in [-0.25, -0.2) is 0 Å². The first kappa shape index (κ1) is 26.3. The summed E-state index contributed by atoms with van der Waals surface area (Å²) in [6.45, 7) is 11.8. The molecule has 0 saturated heterocycles. The number of hydrogen-bond acceptors (Lipinski definition) is 3. The highest BCUT2D eigenvalue weighted by atomic mass is 16.7. The Morgan fingerprint density at radius 2 is 1.44 bits per heavy atom. The first-order chi connectivity index (χ1) is 15.7. The Balaban J connectivity index is 2.28. The molecule has 0 amide bonds. The molecule has 0 aliphatic heterocycles. The SMILES string of the molecule is C=Cc1ccc(C(OCC)(OCC)C(CCCCCCCC)OCc2ccccc2)cc1. The van der Waals surface area contributed by atoms with E-state index in [1.807, 2.05) is 38.1 Å². The maximum Gasteiger partial charge on any atom is 0.222 e. The van der Waals surface area contributed by atoms with Crippen LogP contribution in [0.3, 0.4) is 0 Å². The summed E-state index contributed by atoms with van der Waals surface area (Å²) in [6, 6.07) is 18.6. The van der Waals surface area contributed by atoms with Crippen LogP contribution >= 0.6 is 0 Å². The molecule has 0 N–H and O–H groups in total. The molecule has 176 valence electrons. The van der Waals surface area contributed by atoms with Crippen molar-refractivity contribution < 1.29 is 14.2 Å². The quantitative estimate of drug-likeness (QED) is 0.186. The van der Waals surface area contributed by atoms with Gasteiger partial charge in [-0.1, -0.05) is 113 Å². The van der Waals surface area contributed by atoms with Gasteiger partial charge >= 0.3 is 0 Å². The van der Waals surface area contributed by atoms with E-state index < -0.39 is 5.79 Å². The minimum absolute atomic E-state index is 0.205. The molecule has 0 saturated carbocycles. The fourth-order valence-corrected chi connectivity index (χ4v) is 4.12. The van der Waals surface area contributed by atoms with Crippen LogP contribution in [0.2, 0.25) is 0 Å². The molecule has 0 radical (unpaired) electrons. The molecule has 0 fully saturated rings. The number of ether oxygens (including phenoxy) is 3. The van der Waals surface area contributed by atoms with Crippen molar-refractivity contribution in [1.29, 1.82) is 0 Å².